The fraction of sp³-hybridized carbons (Fsp3) is 0.364. The molecule has 1 saturated heterocycles. The third-order valence-electron chi connectivity index (χ3n) is 2.69. The van der Waals surface area contributed by atoms with E-state index >= 15 is 0 Å². The summed E-state index contributed by atoms with van der Waals surface area (Å²) in [6.07, 6.45) is 0.858. The van der Waals surface area contributed by atoms with Gasteiger partial charge in [0.25, 0.3) is 5.91 Å². The van der Waals surface area contributed by atoms with Crippen LogP contribution < -0.4 is 5.73 Å². The molecule has 0 bridgehead atoms. The van der Waals surface area contributed by atoms with Crippen molar-refractivity contribution in [3.05, 3.63) is 33.3 Å². The second-order valence-corrected chi connectivity index (χ2v) is 5.13. The molecule has 3 nitrogen and oxygen atoms in total. The second kappa shape index (κ2) is 6.05. The van der Waals surface area contributed by atoms with Gasteiger partial charge in [-0.15, -0.1) is 12.4 Å². The molecular formula is C11H13BrCl2N2O. The number of nitrogens with two attached hydrogens (primary N) is 1. The van der Waals surface area contributed by atoms with Crippen LogP contribution in [0.25, 0.3) is 0 Å². The third-order valence-corrected chi connectivity index (χ3v) is 3.99. The molecule has 1 aliphatic rings. The van der Waals surface area contributed by atoms with E-state index in [1.165, 1.54) is 0 Å². The number of hydrogen-bond acceptors (Lipinski definition) is 2. The zero-order valence-corrected chi connectivity index (χ0v) is 12.2. The van der Waals surface area contributed by atoms with E-state index in [0.717, 1.165) is 10.9 Å². The maximum atomic E-state index is 12.1. The highest BCUT2D eigenvalue weighted by atomic mass is 79.9. The Morgan fingerprint density at radius 1 is 1.53 bits per heavy atom. The van der Waals surface area contributed by atoms with E-state index in [1.807, 2.05) is 6.07 Å². The molecule has 1 amide bonds. The normalized spacial score (nSPS) is 19.0. The van der Waals surface area contributed by atoms with Crippen LogP contribution in [0.15, 0.2) is 22.7 Å². The molecule has 0 unspecified atom stereocenters. The van der Waals surface area contributed by atoms with E-state index in [4.69, 9.17) is 17.3 Å². The van der Waals surface area contributed by atoms with Gasteiger partial charge in [0.1, 0.15) is 0 Å². The Bertz CT molecular complexity index is 428. The first-order valence-electron chi connectivity index (χ1n) is 5.08. The van der Waals surface area contributed by atoms with Gasteiger partial charge in [0, 0.05) is 23.6 Å². The molecule has 1 aliphatic heterocycles. The van der Waals surface area contributed by atoms with Gasteiger partial charge >= 0.3 is 0 Å². The molecule has 0 radical (unpaired) electrons. The molecule has 1 atom stereocenters. The van der Waals surface area contributed by atoms with Crippen LogP contribution in [-0.2, 0) is 0 Å². The quantitative estimate of drug-likeness (QED) is 0.855. The highest BCUT2D eigenvalue weighted by Crippen LogP contribution is 2.27. The zero-order valence-electron chi connectivity index (χ0n) is 9.03. The number of hydrogen-bond donors (Lipinski definition) is 1. The fourth-order valence-electron chi connectivity index (χ4n) is 1.81. The van der Waals surface area contributed by atoms with Crippen molar-refractivity contribution in [2.75, 3.05) is 13.1 Å². The molecule has 2 rings (SSSR count). The molecule has 6 heteroatoms. The van der Waals surface area contributed by atoms with E-state index in [1.54, 1.807) is 17.0 Å². The molecule has 0 aromatic heterocycles. The van der Waals surface area contributed by atoms with Crippen molar-refractivity contribution in [2.45, 2.75) is 12.5 Å². The predicted octanol–water partition coefficient (Wildman–Crippen LogP) is 2.70. The van der Waals surface area contributed by atoms with E-state index < -0.39 is 0 Å². The van der Waals surface area contributed by atoms with Gasteiger partial charge in [0.05, 0.1) is 10.6 Å². The summed E-state index contributed by atoms with van der Waals surface area (Å²) in [6, 6.07) is 5.45. The van der Waals surface area contributed by atoms with E-state index in [9.17, 15) is 4.79 Å². The van der Waals surface area contributed by atoms with Crippen molar-refractivity contribution in [3.8, 4) is 0 Å². The SMILES string of the molecule is Cl.N[C@@H]1CCN(C(=O)c2cccc(Br)c2Cl)C1. The summed E-state index contributed by atoms with van der Waals surface area (Å²) in [7, 11) is 0. The monoisotopic (exact) mass is 338 g/mol. The van der Waals surface area contributed by atoms with Crippen LogP contribution in [0.4, 0.5) is 0 Å². The second-order valence-electron chi connectivity index (χ2n) is 3.90. The molecule has 0 aliphatic carbocycles. The number of halogens is 3. The van der Waals surface area contributed by atoms with Crippen LogP contribution in [0, 0.1) is 0 Å². The summed E-state index contributed by atoms with van der Waals surface area (Å²) < 4.78 is 0.739. The molecule has 1 aromatic rings. The Hall–Kier alpha value is -0.290. The van der Waals surface area contributed by atoms with Gasteiger partial charge in [-0.25, -0.2) is 0 Å². The number of carbonyl (C=O) groups excluding carboxylic acids is 1. The molecular weight excluding hydrogens is 327 g/mol. The summed E-state index contributed by atoms with van der Waals surface area (Å²) in [5.41, 5.74) is 6.31. The number of benzene rings is 1. The third kappa shape index (κ3) is 3.13. The van der Waals surface area contributed by atoms with Crippen LogP contribution in [0.5, 0.6) is 0 Å². The minimum atomic E-state index is -0.0424. The lowest BCUT2D eigenvalue weighted by atomic mass is 10.2. The van der Waals surface area contributed by atoms with Crippen molar-refractivity contribution in [1.82, 2.24) is 4.90 Å². The molecule has 0 spiro atoms. The van der Waals surface area contributed by atoms with Crippen LogP contribution in [-0.4, -0.2) is 29.9 Å². The van der Waals surface area contributed by atoms with Crippen molar-refractivity contribution < 1.29 is 4.79 Å². The Morgan fingerprint density at radius 2 is 2.24 bits per heavy atom. The smallest absolute Gasteiger partial charge is 0.255 e. The van der Waals surface area contributed by atoms with E-state index in [-0.39, 0.29) is 24.4 Å². The lowest BCUT2D eigenvalue weighted by molar-refractivity contribution is 0.0791. The minimum Gasteiger partial charge on any atom is -0.337 e. The van der Waals surface area contributed by atoms with E-state index in [0.29, 0.717) is 23.7 Å². The van der Waals surface area contributed by atoms with Gasteiger partial charge in [-0.2, -0.15) is 0 Å². The first-order valence-corrected chi connectivity index (χ1v) is 6.25. The largest absolute Gasteiger partial charge is 0.337 e. The Labute approximate surface area is 120 Å². The van der Waals surface area contributed by atoms with Crippen LogP contribution in [0.2, 0.25) is 5.02 Å². The Morgan fingerprint density at radius 3 is 2.82 bits per heavy atom. The van der Waals surface area contributed by atoms with Gasteiger partial charge in [-0.05, 0) is 34.5 Å². The average molecular weight is 340 g/mol. The number of rotatable bonds is 1. The molecule has 1 aromatic carbocycles. The topological polar surface area (TPSA) is 46.3 Å². The summed E-state index contributed by atoms with van der Waals surface area (Å²) in [5, 5.41) is 0.466. The lowest BCUT2D eigenvalue weighted by Gasteiger charge is -2.16. The zero-order chi connectivity index (χ0) is 11.7. The Kier molecular flexibility index (Phi) is 5.25. The standard InChI is InChI=1S/C11H12BrClN2O.ClH/c12-9-3-1-2-8(10(9)13)11(16)15-5-4-7(14)6-15;/h1-3,7H,4-6,14H2;1H/t7-;/m1./s1. The number of likely N-dealkylation sites (tertiary alicyclic amines) is 1. The number of amides is 1. The minimum absolute atomic E-state index is 0. The summed E-state index contributed by atoms with van der Waals surface area (Å²) >= 11 is 9.38. The Balaban J connectivity index is 0.00000144. The molecule has 0 saturated carbocycles. The molecule has 2 N–H and O–H groups in total. The number of carbonyl (C=O) groups is 1. The van der Waals surface area contributed by atoms with Crippen LogP contribution in [0.1, 0.15) is 16.8 Å². The van der Waals surface area contributed by atoms with Crippen LogP contribution >= 0.6 is 39.9 Å². The molecule has 94 valence electrons. The van der Waals surface area contributed by atoms with E-state index in [2.05, 4.69) is 15.9 Å². The van der Waals surface area contributed by atoms with Gasteiger partial charge in [-0.3, -0.25) is 4.79 Å². The summed E-state index contributed by atoms with van der Waals surface area (Å²) in [6.45, 7) is 1.32. The predicted molar refractivity (Wildman–Crippen MR) is 74.9 cm³/mol. The maximum Gasteiger partial charge on any atom is 0.255 e. The van der Waals surface area contributed by atoms with Gasteiger partial charge in [0.2, 0.25) is 0 Å². The fourth-order valence-corrected chi connectivity index (χ4v) is 2.38. The van der Waals surface area contributed by atoms with Gasteiger partial charge in [-0.1, -0.05) is 17.7 Å². The van der Waals surface area contributed by atoms with Crippen LogP contribution in [0.3, 0.4) is 0 Å². The molecule has 1 heterocycles. The number of nitrogens with zero attached hydrogens (tertiary/aromatic N) is 1. The lowest BCUT2D eigenvalue weighted by Crippen LogP contribution is -2.32. The van der Waals surface area contributed by atoms with Crippen molar-refractivity contribution >= 4 is 45.8 Å². The first kappa shape index (κ1) is 14.8. The van der Waals surface area contributed by atoms with Crippen molar-refractivity contribution in [3.63, 3.8) is 0 Å². The highest BCUT2D eigenvalue weighted by Gasteiger charge is 2.26. The van der Waals surface area contributed by atoms with Gasteiger partial charge < -0.3 is 10.6 Å². The summed E-state index contributed by atoms with van der Waals surface area (Å²) in [5.74, 6) is -0.0424. The first-order chi connectivity index (χ1) is 7.59. The molecule has 17 heavy (non-hydrogen) atoms. The summed E-state index contributed by atoms with van der Waals surface area (Å²) in [4.78, 5) is 13.9. The molecule has 1 fully saturated rings. The maximum absolute atomic E-state index is 12.1. The van der Waals surface area contributed by atoms with Crippen molar-refractivity contribution in [2.24, 2.45) is 5.73 Å². The van der Waals surface area contributed by atoms with Gasteiger partial charge in [0.15, 0.2) is 0 Å². The van der Waals surface area contributed by atoms with Crippen molar-refractivity contribution in [1.29, 1.82) is 0 Å². The average Bonchev–Trinajstić information content (AvgIpc) is 2.68. The highest BCUT2D eigenvalue weighted by molar-refractivity contribution is 9.10.